The normalized spacial score (nSPS) is 43.9. The molecule has 9 atom stereocenters. The molecule has 2 unspecified atom stereocenters. The topological polar surface area (TPSA) is 51.7 Å². The quantitative estimate of drug-likeness (QED) is 0.443. The Balaban J connectivity index is 0.00000272. The molecular weight excluding hydrogens is 380 g/mol. The fourth-order valence-corrected chi connectivity index (χ4v) is 9.30. The predicted octanol–water partition coefficient (Wildman–Crippen LogP) is 7.20. The number of aliphatic hydroxyl groups excluding tert-OH is 1. The average molecular weight is 433 g/mol. The molecule has 0 aromatic heterocycles. The van der Waals surface area contributed by atoms with Gasteiger partial charge in [0.1, 0.15) is 0 Å². The number of hydrogen-bond acceptors (Lipinski definition) is 1. The van der Waals surface area contributed by atoms with Crippen molar-refractivity contribution in [2.45, 2.75) is 118 Å². The summed E-state index contributed by atoms with van der Waals surface area (Å²) in [5, 5.41) is 10.2. The maximum Gasteiger partial charge on any atom is 0.0577 e. The first-order chi connectivity index (χ1) is 14.2. The molecule has 0 bridgehead atoms. The first-order valence-corrected chi connectivity index (χ1v) is 13.6. The highest BCUT2D eigenvalue weighted by molar-refractivity contribution is 5.25. The van der Waals surface area contributed by atoms with E-state index >= 15 is 0 Å². The van der Waals surface area contributed by atoms with Crippen molar-refractivity contribution < 1.29 is 10.6 Å². The van der Waals surface area contributed by atoms with Crippen LogP contribution in [0.25, 0.3) is 0 Å². The van der Waals surface area contributed by atoms with Gasteiger partial charge in [0.2, 0.25) is 0 Å². The van der Waals surface area contributed by atoms with E-state index in [4.69, 9.17) is 0 Å². The highest BCUT2D eigenvalue weighted by Gasteiger charge is 2.59. The van der Waals surface area contributed by atoms with Crippen molar-refractivity contribution in [3.05, 3.63) is 11.6 Å². The molecule has 3 saturated carbocycles. The Labute approximate surface area is 193 Å². The first-order valence-electron chi connectivity index (χ1n) is 13.6. The van der Waals surface area contributed by atoms with Gasteiger partial charge in [0.05, 0.1) is 6.10 Å². The zero-order chi connectivity index (χ0) is 21.7. The predicted molar refractivity (Wildman–Crippen MR) is 132 cm³/mol. The van der Waals surface area contributed by atoms with Crippen molar-refractivity contribution in [2.24, 2.45) is 52.3 Å². The van der Waals surface area contributed by atoms with Gasteiger partial charge >= 0.3 is 0 Å². The number of allylic oxidation sites excluding steroid dienone is 1. The van der Waals surface area contributed by atoms with Crippen molar-refractivity contribution in [3.8, 4) is 0 Å². The van der Waals surface area contributed by atoms with Crippen molar-refractivity contribution in [3.63, 3.8) is 0 Å². The van der Waals surface area contributed by atoms with Crippen molar-refractivity contribution >= 4 is 0 Å². The van der Waals surface area contributed by atoms with Crippen LogP contribution in [0.3, 0.4) is 0 Å². The molecule has 0 aromatic carbocycles. The van der Waals surface area contributed by atoms with Crippen LogP contribution in [-0.2, 0) is 0 Å². The molecule has 0 saturated heterocycles. The van der Waals surface area contributed by atoms with E-state index in [1.807, 2.05) is 0 Å². The fourth-order valence-electron chi connectivity index (χ4n) is 9.30. The molecular formula is C29H52O2. The molecule has 0 heterocycles. The first kappa shape index (κ1) is 25.3. The van der Waals surface area contributed by atoms with Crippen molar-refractivity contribution in [2.75, 3.05) is 0 Å². The molecule has 180 valence electrons. The van der Waals surface area contributed by atoms with E-state index in [0.29, 0.717) is 10.8 Å². The van der Waals surface area contributed by atoms with Gasteiger partial charge in [-0.2, -0.15) is 0 Å². The summed E-state index contributed by atoms with van der Waals surface area (Å²) in [6.07, 6.45) is 17.1. The average Bonchev–Trinajstić information content (AvgIpc) is 3.06. The Bertz CT molecular complexity index is 639. The molecule has 0 amide bonds. The van der Waals surface area contributed by atoms with Crippen molar-refractivity contribution in [1.82, 2.24) is 0 Å². The van der Waals surface area contributed by atoms with E-state index in [9.17, 15) is 5.11 Å². The highest BCUT2D eigenvalue weighted by atomic mass is 16.3. The van der Waals surface area contributed by atoms with Crippen LogP contribution in [0.1, 0.15) is 112 Å². The molecule has 31 heavy (non-hydrogen) atoms. The lowest BCUT2D eigenvalue weighted by molar-refractivity contribution is -0.0575. The molecule has 0 aliphatic heterocycles. The van der Waals surface area contributed by atoms with Gasteiger partial charge < -0.3 is 10.6 Å². The summed E-state index contributed by atoms with van der Waals surface area (Å²) in [5.74, 6) is 6.31. The second-order valence-electron chi connectivity index (χ2n) is 12.9. The van der Waals surface area contributed by atoms with E-state index in [2.05, 4.69) is 47.6 Å². The Morgan fingerprint density at radius 2 is 1.74 bits per heavy atom. The zero-order valence-electron chi connectivity index (χ0n) is 21.4. The Hall–Kier alpha value is -0.340. The smallest absolute Gasteiger partial charge is 0.0577 e. The molecule has 2 heteroatoms. The third-order valence-corrected chi connectivity index (χ3v) is 11.3. The molecule has 3 fully saturated rings. The largest absolute Gasteiger partial charge is 0.412 e. The lowest BCUT2D eigenvalue weighted by atomic mass is 9.47. The van der Waals surface area contributed by atoms with Gasteiger partial charge in [0.15, 0.2) is 0 Å². The van der Waals surface area contributed by atoms with Crippen LogP contribution in [0.2, 0.25) is 0 Å². The zero-order valence-corrected chi connectivity index (χ0v) is 21.4. The van der Waals surface area contributed by atoms with E-state index in [1.54, 1.807) is 5.57 Å². The van der Waals surface area contributed by atoms with Gasteiger partial charge in [0, 0.05) is 0 Å². The van der Waals surface area contributed by atoms with Gasteiger partial charge in [-0.15, -0.1) is 0 Å². The van der Waals surface area contributed by atoms with Crippen LogP contribution < -0.4 is 0 Å². The summed E-state index contributed by atoms with van der Waals surface area (Å²) in [5.41, 5.74) is 2.59. The minimum atomic E-state index is -0.0794. The number of rotatable bonds is 6. The summed E-state index contributed by atoms with van der Waals surface area (Å²) < 4.78 is 0. The maximum absolute atomic E-state index is 10.2. The van der Waals surface area contributed by atoms with Crippen LogP contribution in [0.15, 0.2) is 11.6 Å². The molecule has 0 aromatic rings. The summed E-state index contributed by atoms with van der Waals surface area (Å²) >= 11 is 0. The Morgan fingerprint density at radius 1 is 1.00 bits per heavy atom. The summed E-state index contributed by atoms with van der Waals surface area (Å²) in [6.45, 7) is 15.1. The minimum Gasteiger partial charge on any atom is -0.412 e. The number of hydrogen-bond donors (Lipinski definition) is 1. The molecule has 4 aliphatic carbocycles. The summed E-state index contributed by atoms with van der Waals surface area (Å²) in [7, 11) is 0. The van der Waals surface area contributed by atoms with E-state index in [1.165, 1.54) is 57.8 Å². The Morgan fingerprint density at radius 3 is 2.42 bits per heavy atom. The van der Waals surface area contributed by atoms with Gasteiger partial charge in [-0.05, 0) is 110 Å². The van der Waals surface area contributed by atoms with Crippen LogP contribution in [0.5, 0.6) is 0 Å². The van der Waals surface area contributed by atoms with Gasteiger partial charge in [-0.1, -0.05) is 66.0 Å². The lowest BCUT2D eigenvalue weighted by Gasteiger charge is -2.58. The minimum absolute atomic E-state index is 0. The van der Waals surface area contributed by atoms with Gasteiger partial charge in [-0.25, -0.2) is 0 Å². The molecule has 3 N–H and O–H groups in total. The van der Waals surface area contributed by atoms with Crippen molar-refractivity contribution in [1.29, 1.82) is 0 Å². The van der Waals surface area contributed by atoms with E-state index in [0.717, 1.165) is 54.3 Å². The van der Waals surface area contributed by atoms with Crippen LogP contribution in [0.4, 0.5) is 0 Å². The third-order valence-electron chi connectivity index (χ3n) is 11.3. The lowest BCUT2D eigenvalue weighted by Crippen LogP contribution is -2.50. The van der Waals surface area contributed by atoms with E-state index < -0.39 is 0 Å². The highest BCUT2D eigenvalue weighted by Crippen LogP contribution is 2.67. The maximum atomic E-state index is 10.2. The molecule has 0 spiro atoms. The fraction of sp³-hybridized carbons (Fsp3) is 0.931. The third kappa shape index (κ3) is 4.30. The Kier molecular flexibility index (Phi) is 7.74. The monoisotopic (exact) mass is 432 g/mol. The van der Waals surface area contributed by atoms with Crippen LogP contribution >= 0.6 is 0 Å². The standard InChI is InChI=1S/C29H50O.H2O/c1-7-21(19(2)3)9-8-20(4)25-12-13-26-24-11-10-22-18-23(30)14-16-28(22,5)27(24)15-17-29(25,26)6;/h10,19-21,23-27,30H,7-9,11-18H2,1-6H3;1H2/t20?,21?,23-,24-,25+,26-,27-,28-,29+;/m0./s1. The second kappa shape index (κ2) is 9.49. The molecule has 0 radical (unpaired) electrons. The summed E-state index contributed by atoms with van der Waals surface area (Å²) in [6, 6.07) is 0. The van der Waals surface area contributed by atoms with E-state index in [-0.39, 0.29) is 11.6 Å². The van der Waals surface area contributed by atoms with Crippen LogP contribution in [0, 0.1) is 52.3 Å². The number of fused-ring (bicyclic) bond motifs is 5. The molecule has 2 nitrogen and oxygen atoms in total. The van der Waals surface area contributed by atoms with Crippen LogP contribution in [-0.4, -0.2) is 16.7 Å². The summed E-state index contributed by atoms with van der Waals surface area (Å²) in [4.78, 5) is 0. The second-order valence-corrected chi connectivity index (χ2v) is 12.9. The van der Waals surface area contributed by atoms with Gasteiger partial charge in [0.25, 0.3) is 0 Å². The molecule has 4 rings (SSSR count). The number of aliphatic hydroxyl groups is 1. The van der Waals surface area contributed by atoms with Gasteiger partial charge in [-0.3, -0.25) is 0 Å². The SMILES string of the molecule is CCC(CCC(C)[C@H]1CC[C@H]2[C@@H]3CC=C4C[C@@H](O)CC[C@]4(C)[C@H]3CC[C@]12C)C(C)C.O. The molecule has 4 aliphatic rings.